The van der Waals surface area contributed by atoms with Gasteiger partial charge in [0.15, 0.2) is 6.10 Å². The lowest BCUT2D eigenvalue weighted by atomic mass is 9.96. The molecule has 0 bridgehead atoms. The van der Waals surface area contributed by atoms with Crippen LogP contribution in [-0.4, -0.2) is 83.0 Å². The molecule has 1 fully saturated rings. The van der Waals surface area contributed by atoms with E-state index in [-0.39, 0.29) is 0 Å². The van der Waals surface area contributed by atoms with Gasteiger partial charge in [0.1, 0.15) is 18.3 Å². The lowest BCUT2D eigenvalue weighted by Gasteiger charge is -2.48. The molecule has 9 N–H and O–H groups in total. The molecule has 118 valence electrons. The van der Waals surface area contributed by atoms with Crippen LogP contribution in [0.15, 0.2) is 0 Å². The number of aliphatic hydroxyl groups excluding tert-OH is 4. The average Bonchev–Trinajstić information content (AvgIpc) is 2.29. The van der Waals surface area contributed by atoms with E-state index in [4.69, 9.17) is 20.6 Å². The third-order valence-corrected chi connectivity index (χ3v) is 3.72. The van der Waals surface area contributed by atoms with Crippen molar-refractivity contribution in [1.29, 1.82) is 0 Å². The monoisotopic (exact) mass is 318 g/mol. The van der Waals surface area contributed by atoms with Crippen molar-refractivity contribution >= 4 is 13.8 Å². The number of aliphatic hydroxyl groups is 5. The van der Waals surface area contributed by atoms with Crippen LogP contribution in [0.1, 0.15) is 0 Å². The summed E-state index contributed by atoms with van der Waals surface area (Å²) >= 11 is 0. The Bertz CT molecular complexity index is 426. The van der Waals surface area contributed by atoms with Crippen LogP contribution in [0.3, 0.4) is 0 Å². The summed E-state index contributed by atoms with van der Waals surface area (Å²) in [5.41, 5.74) is 4.71. The van der Waals surface area contributed by atoms with Crippen LogP contribution in [0, 0.1) is 0 Å². The molecular formula is C7H15N2O10P. The van der Waals surface area contributed by atoms with Gasteiger partial charge in [-0.3, -0.25) is 0 Å². The van der Waals surface area contributed by atoms with Gasteiger partial charge in [-0.25, -0.2) is 9.36 Å². The first kappa shape index (κ1) is 17.2. The normalized spacial score (nSPS) is 38.5. The number of amides is 2. The summed E-state index contributed by atoms with van der Waals surface area (Å²) in [4.78, 5) is 29.0. The maximum Gasteiger partial charge on any atom is 0.438 e. The summed E-state index contributed by atoms with van der Waals surface area (Å²) in [7, 11) is -5.54. The van der Waals surface area contributed by atoms with Gasteiger partial charge < -0.3 is 45.8 Å². The van der Waals surface area contributed by atoms with E-state index in [9.17, 15) is 29.8 Å². The molecular weight excluding hydrogens is 303 g/mol. The van der Waals surface area contributed by atoms with Crippen molar-refractivity contribution in [3.8, 4) is 0 Å². The lowest BCUT2D eigenvalue weighted by Crippen LogP contribution is -2.71. The first-order valence-corrected chi connectivity index (χ1v) is 6.74. The molecule has 1 aliphatic rings. The molecule has 20 heavy (non-hydrogen) atoms. The molecule has 1 aliphatic heterocycles. The van der Waals surface area contributed by atoms with Crippen molar-refractivity contribution < 1.29 is 49.4 Å². The Morgan fingerprint density at radius 3 is 2.15 bits per heavy atom. The van der Waals surface area contributed by atoms with Gasteiger partial charge in [0.25, 0.3) is 5.91 Å². The second-order valence-electron chi connectivity index (χ2n) is 4.09. The largest absolute Gasteiger partial charge is 0.438 e. The van der Waals surface area contributed by atoms with Crippen molar-refractivity contribution in [2.45, 2.75) is 30.3 Å². The number of ether oxygens (including phenoxy) is 1. The second kappa shape index (κ2) is 5.52. The number of rotatable bonds is 3. The van der Waals surface area contributed by atoms with Crippen LogP contribution in [0.25, 0.3) is 0 Å². The smallest absolute Gasteiger partial charge is 0.394 e. The zero-order chi connectivity index (χ0) is 15.9. The Morgan fingerprint density at radius 1 is 1.30 bits per heavy atom. The van der Waals surface area contributed by atoms with Gasteiger partial charge in [-0.05, 0) is 0 Å². The summed E-state index contributed by atoms with van der Waals surface area (Å²) in [6.45, 7) is -0.985. The predicted octanol–water partition coefficient (Wildman–Crippen LogP) is -4.42. The van der Waals surface area contributed by atoms with Gasteiger partial charge in [-0.1, -0.05) is 0 Å². The van der Waals surface area contributed by atoms with Gasteiger partial charge >= 0.3 is 13.8 Å². The molecule has 13 heteroatoms. The van der Waals surface area contributed by atoms with Gasteiger partial charge in [0, 0.05) is 0 Å². The van der Waals surface area contributed by atoms with Crippen LogP contribution in [0.4, 0.5) is 4.79 Å². The van der Waals surface area contributed by atoms with E-state index in [2.05, 4.69) is 4.74 Å². The van der Waals surface area contributed by atoms with Crippen LogP contribution < -0.4 is 5.73 Å². The minimum absolute atomic E-state index is 0.692. The summed E-state index contributed by atoms with van der Waals surface area (Å²) in [6, 6.07) is -1.86. The van der Waals surface area contributed by atoms with Crippen molar-refractivity contribution in [2.75, 3.05) is 6.61 Å². The minimum atomic E-state index is -5.54. The highest BCUT2D eigenvalue weighted by Gasteiger charge is 2.61. The van der Waals surface area contributed by atoms with Crippen LogP contribution in [0.2, 0.25) is 0 Å². The molecule has 12 nitrogen and oxygen atoms in total. The standard InChI is InChI=1S/C7H15N2O10P/c8-6(14)9(20(16,17)18)7(15)5(13)4(12)3(11)2(1-10)19-7/h2-5,10-13,15H,1H2,(H2,8,14)(H2,16,17,18)/t2-,3-,4+,5-,7?/m1/s1. The number of nitrogens with two attached hydrogens (primary N) is 1. The van der Waals surface area contributed by atoms with E-state index in [0.717, 1.165) is 0 Å². The summed E-state index contributed by atoms with van der Waals surface area (Å²) in [6.07, 6.45) is -8.28. The highest BCUT2D eigenvalue weighted by molar-refractivity contribution is 7.50. The average molecular weight is 318 g/mol. The first-order valence-electron chi connectivity index (χ1n) is 5.17. The Balaban J connectivity index is 3.29. The summed E-state index contributed by atoms with van der Waals surface area (Å²) in [5, 5.41) is 47.4. The summed E-state index contributed by atoms with van der Waals surface area (Å²) in [5.74, 6) is -3.43. The molecule has 0 radical (unpaired) electrons. The zero-order valence-corrected chi connectivity index (χ0v) is 10.7. The predicted molar refractivity (Wildman–Crippen MR) is 58.4 cm³/mol. The van der Waals surface area contributed by atoms with E-state index in [0.29, 0.717) is 0 Å². The van der Waals surface area contributed by atoms with Crippen LogP contribution >= 0.6 is 7.75 Å². The van der Waals surface area contributed by atoms with E-state index < -0.39 is 55.4 Å². The number of hydrogen-bond acceptors (Lipinski definition) is 8. The molecule has 2 amide bonds. The maximum absolute atomic E-state index is 11.2. The van der Waals surface area contributed by atoms with Gasteiger partial charge in [0.05, 0.1) is 6.61 Å². The quantitative estimate of drug-likeness (QED) is 0.184. The highest BCUT2D eigenvalue weighted by atomic mass is 31.2. The second-order valence-corrected chi connectivity index (χ2v) is 5.51. The topological polar surface area (TPSA) is 214 Å². The highest BCUT2D eigenvalue weighted by Crippen LogP contribution is 2.48. The van der Waals surface area contributed by atoms with Gasteiger partial charge in [-0.15, -0.1) is 0 Å². The number of hydrogen-bond donors (Lipinski definition) is 8. The molecule has 1 rings (SSSR count). The number of carbonyl (C=O) groups is 1. The number of carbonyl (C=O) groups excluding carboxylic acids is 1. The Morgan fingerprint density at radius 2 is 1.80 bits per heavy atom. The molecule has 0 aromatic heterocycles. The maximum atomic E-state index is 11.2. The van der Waals surface area contributed by atoms with E-state index in [1.165, 1.54) is 0 Å². The minimum Gasteiger partial charge on any atom is -0.394 e. The fourth-order valence-corrected chi connectivity index (χ4v) is 2.58. The molecule has 1 heterocycles. The molecule has 0 saturated carbocycles. The third kappa shape index (κ3) is 2.79. The molecule has 0 aromatic rings. The van der Waals surface area contributed by atoms with Gasteiger partial charge in [0.2, 0.25) is 0 Å². The Kier molecular flexibility index (Phi) is 4.76. The van der Waals surface area contributed by atoms with E-state index >= 15 is 0 Å². The number of urea groups is 1. The molecule has 1 unspecified atom stereocenters. The molecule has 0 aliphatic carbocycles. The zero-order valence-electron chi connectivity index (χ0n) is 9.84. The van der Waals surface area contributed by atoms with Crippen molar-refractivity contribution in [2.24, 2.45) is 5.73 Å². The van der Waals surface area contributed by atoms with Gasteiger partial charge in [-0.2, -0.15) is 4.67 Å². The lowest BCUT2D eigenvalue weighted by molar-refractivity contribution is -0.380. The molecule has 5 atom stereocenters. The van der Waals surface area contributed by atoms with Crippen LogP contribution in [-0.2, 0) is 9.30 Å². The molecule has 0 spiro atoms. The summed E-state index contributed by atoms with van der Waals surface area (Å²) < 4.78 is 15.0. The first-order chi connectivity index (χ1) is 8.96. The van der Waals surface area contributed by atoms with Crippen molar-refractivity contribution in [1.82, 2.24) is 4.67 Å². The van der Waals surface area contributed by atoms with Crippen LogP contribution in [0.5, 0.6) is 0 Å². The number of primary amides is 1. The molecule has 0 aromatic carbocycles. The number of nitrogens with zero attached hydrogens (tertiary/aromatic N) is 1. The third-order valence-electron chi connectivity index (χ3n) is 2.72. The van der Waals surface area contributed by atoms with E-state index in [1.807, 2.05) is 0 Å². The Hall–Kier alpha value is -0.820. The Labute approximate surface area is 111 Å². The van der Waals surface area contributed by atoms with E-state index in [1.54, 1.807) is 0 Å². The SMILES string of the molecule is NC(=O)N(C1(O)O[C@H](CO)[C@@H](O)[C@H](O)[C@H]1O)P(=O)(O)O. The van der Waals surface area contributed by atoms with Crippen molar-refractivity contribution in [3.05, 3.63) is 0 Å². The fraction of sp³-hybridized carbons (Fsp3) is 0.857. The molecule has 1 saturated heterocycles. The fourth-order valence-electron chi connectivity index (χ4n) is 1.78. The van der Waals surface area contributed by atoms with Crippen molar-refractivity contribution in [3.63, 3.8) is 0 Å².